The van der Waals surface area contributed by atoms with Crippen molar-refractivity contribution in [3.8, 4) is 5.88 Å². The maximum Gasteiger partial charge on any atom is 0.224 e. The van der Waals surface area contributed by atoms with Crippen LogP contribution in [0.4, 0.5) is 0 Å². The lowest BCUT2D eigenvalue weighted by Gasteiger charge is -2.42. The molecule has 1 spiro atoms. The Morgan fingerprint density at radius 1 is 1.48 bits per heavy atom. The summed E-state index contributed by atoms with van der Waals surface area (Å²) in [7, 11) is 1.56. The molecular weight excluding hydrogens is 286 g/mol. The van der Waals surface area contributed by atoms with Crippen LogP contribution >= 0.6 is 11.8 Å². The van der Waals surface area contributed by atoms with Crippen molar-refractivity contribution in [3.05, 3.63) is 23.9 Å². The number of nitrogens with zero attached hydrogens (tertiary/aromatic N) is 1. The topological polar surface area (TPSA) is 48.4 Å². The number of rotatable bonds is 3. The van der Waals surface area contributed by atoms with E-state index in [1.54, 1.807) is 19.4 Å². The molecule has 0 bridgehead atoms. The average Bonchev–Trinajstić information content (AvgIpc) is 2.55. The summed E-state index contributed by atoms with van der Waals surface area (Å²) in [6.07, 6.45) is 5.41. The molecule has 21 heavy (non-hydrogen) atoms. The van der Waals surface area contributed by atoms with Gasteiger partial charge in [-0.15, -0.1) is 0 Å². The minimum atomic E-state index is -0.0702. The third-order valence-corrected chi connectivity index (χ3v) is 5.48. The number of hydrogen-bond donors (Lipinski definition) is 0. The normalized spacial score (nSPS) is 24.7. The summed E-state index contributed by atoms with van der Waals surface area (Å²) < 4.78 is 11.3. The number of aromatic nitrogens is 1. The van der Waals surface area contributed by atoms with E-state index in [9.17, 15) is 4.79 Å². The summed E-state index contributed by atoms with van der Waals surface area (Å²) in [5.74, 6) is 2.89. The molecule has 1 aromatic heterocycles. The van der Waals surface area contributed by atoms with E-state index in [4.69, 9.17) is 9.47 Å². The average molecular weight is 307 g/mol. The number of thioether (sulfide) groups is 1. The van der Waals surface area contributed by atoms with E-state index in [-0.39, 0.29) is 17.3 Å². The maximum absolute atomic E-state index is 12.8. The number of carbonyl (C=O) groups is 1. The number of ether oxygens (including phenoxy) is 2. The Hall–Kier alpha value is -1.07. The lowest BCUT2D eigenvalue weighted by molar-refractivity contribution is -0.0959. The molecule has 0 saturated carbocycles. The molecule has 1 unspecified atom stereocenters. The lowest BCUT2D eigenvalue weighted by Crippen LogP contribution is -2.44. The number of carbonyl (C=O) groups excluding carboxylic acids is 1. The van der Waals surface area contributed by atoms with E-state index in [2.05, 4.69) is 4.98 Å². The molecule has 2 saturated heterocycles. The van der Waals surface area contributed by atoms with Crippen molar-refractivity contribution in [2.75, 3.05) is 25.2 Å². The first-order chi connectivity index (χ1) is 10.2. The first kappa shape index (κ1) is 14.9. The smallest absolute Gasteiger partial charge is 0.224 e. The number of Topliss-reactive ketones (excluding diaryl/α,β-unsaturated/α-hetero) is 1. The predicted octanol–water partition coefficient (Wildman–Crippen LogP) is 2.97. The Kier molecular flexibility index (Phi) is 4.50. The molecule has 2 aliphatic heterocycles. The van der Waals surface area contributed by atoms with Gasteiger partial charge in [0, 0.05) is 18.7 Å². The highest BCUT2D eigenvalue weighted by molar-refractivity contribution is 7.99. The molecule has 2 fully saturated rings. The van der Waals surface area contributed by atoms with Crippen LogP contribution in [-0.2, 0) is 4.74 Å². The predicted molar refractivity (Wildman–Crippen MR) is 83.1 cm³/mol. The van der Waals surface area contributed by atoms with Crippen LogP contribution in [0, 0.1) is 5.92 Å². The molecule has 5 heteroatoms. The van der Waals surface area contributed by atoms with Gasteiger partial charge in [-0.1, -0.05) is 0 Å². The van der Waals surface area contributed by atoms with Crippen molar-refractivity contribution >= 4 is 17.5 Å². The summed E-state index contributed by atoms with van der Waals surface area (Å²) in [4.78, 5) is 17.0. The summed E-state index contributed by atoms with van der Waals surface area (Å²) in [5.41, 5.74) is 0.534. The quantitative estimate of drug-likeness (QED) is 0.804. The fourth-order valence-corrected chi connectivity index (χ4v) is 4.54. The molecule has 0 aromatic carbocycles. The highest BCUT2D eigenvalue weighted by Gasteiger charge is 2.41. The number of ketones is 1. The fraction of sp³-hybridized carbons (Fsp3) is 0.625. The van der Waals surface area contributed by atoms with E-state index >= 15 is 0 Å². The zero-order chi connectivity index (χ0) is 14.7. The van der Waals surface area contributed by atoms with Gasteiger partial charge in [0.05, 0.1) is 18.3 Å². The molecular formula is C16H21NO3S. The van der Waals surface area contributed by atoms with Crippen molar-refractivity contribution in [2.24, 2.45) is 5.92 Å². The van der Waals surface area contributed by atoms with Gasteiger partial charge in [0.15, 0.2) is 5.78 Å². The molecule has 114 valence electrons. The van der Waals surface area contributed by atoms with Crippen LogP contribution in [0.25, 0.3) is 0 Å². The standard InChI is InChI=1S/C16H21NO3S/c1-19-15-13(3-2-7-17-15)14(18)12-4-8-20-16(11-12)5-9-21-10-6-16/h2-3,7,12H,4-6,8-11H2,1H3. The van der Waals surface area contributed by atoms with Crippen molar-refractivity contribution in [1.82, 2.24) is 4.98 Å². The monoisotopic (exact) mass is 307 g/mol. The zero-order valence-corrected chi connectivity index (χ0v) is 13.2. The van der Waals surface area contributed by atoms with Gasteiger partial charge in [-0.2, -0.15) is 11.8 Å². The molecule has 3 heterocycles. The molecule has 0 radical (unpaired) electrons. The fourth-order valence-electron chi connectivity index (χ4n) is 3.30. The second-order valence-electron chi connectivity index (χ2n) is 5.76. The Bertz CT molecular complexity index is 508. The SMILES string of the molecule is COc1ncccc1C(=O)C1CCOC2(CCSCC2)C1. The third-order valence-electron chi connectivity index (χ3n) is 4.50. The van der Waals surface area contributed by atoms with Crippen LogP contribution in [0.15, 0.2) is 18.3 Å². The molecule has 4 nitrogen and oxygen atoms in total. The van der Waals surface area contributed by atoms with Gasteiger partial charge in [-0.3, -0.25) is 4.79 Å². The van der Waals surface area contributed by atoms with Crippen molar-refractivity contribution in [2.45, 2.75) is 31.3 Å². The van der Waals surface area contributed by atoms with Crippen LogP contribution in [0.5, 0.6) is 5.88 Å². The highest BCUT2D eigenvalue weighted by atomic mass is 32.2. The molecule has 0 aliphatic carbocycles. The molecule has 0 amide bonds. The molecule has 0 N–H and O–H groups in total. The van der Waals surface area contributed by atoms with Crippen molar-refractivity contribution in [1.29, 1.82) is 0 Å². The first-order valence-electron chi connectivity index (χ1n) is 7.49. The Balaban J connectivity index is 1.78. The first-order valence-corrected chi connectivity index (χ1v) is 8.64. The zero-order valence-electron chi connectivity index (χ0n) is 12.3. The minimum absolute atomic E-state index is 0.0277. The van der Waals surface area contributed by atoms with Gasteiger partial charge < -0.3 is 9.47 Å². The largest absolute Gasteiger partial charge is 0.480 e. The summed E-state index contributed by atoms with van der Waals surface area (Å²) in [6, 6.07) is 3.61. The number of pyridine rings is 1. The van der Waals surface area contributed by atoms with Gasteiger partial charge in [0.2, 0.25) is 5.88 Å². The van der Waals surface area contributed by atoms with Gasteiger partial charge >= 0.3 is 0 Å². The van der Waals surface area contributed by atoms with Crippen molar-refractivity contribution in [3.63, 3.8) is 0 Å². The molecule has 1 aromatic rings. The van der Waals surface area contributed by atoms with E-state index in [0.717, 1.165) is 37.2 Å². The molecule has 2 aliphatic rings. The van der Waals surface area contributed by atoms with Crippen LogP contribution in [0.3, 0.4) is 0 Å². The van der Waals surface area contributed by atoms with Crippen molar-refractivity contribution < 1.29 is 14.3 Å². The Morgan fingerprint density at radius 3 is 3.05 bits per heavy atom. The minimum Gasteiger partial charge on any atom is -0.480 e. The van der Waals surface area contributed by atoms with Crippen LogP contribution in [-0.4, -0.2) is 41.6 Å². The maximum atomic E-state index is 12.8. The molecule has 1 atom stereocenters. The van der Waals surface area contributed by atoms with Gasteiger partial charge in [-0.05, 0) is 49.3 Å². The van der Waals surface area contributed by atoms with Crippen LogP contribution < -0.4 is 4.74 Å². The summed E-state index contributed by atoms with van der Waals surface area (Å²) in [6.45, 7) is 0.684. The van der Waals surface area contributed by atoms with Gasteiger partial charge in [-0.25, -0.2) is 4.98 Å². The lowest BCUT2D eigenvalue weighted by atomic mass is 9.79. The number of methoxy groups -OCH3 is 1. The Morgan fingerprint density at radius 2 is 2.29 bits per heavy atom. The van der Waals surface area contributed by atoms with Crippen LogP contribution in [0.1, 0.15) is 36.0 Å². The van der Waals surface area contributed by atoms with E-state index < -0.39 is 0 Å². The molecule has 3 rings (SSSR count). The van der Waals surface area contributed by atoms with Gasteiger partial charge in [0.25, 0.3) is 0 Å². The van der Waals surface area contributed by atoms with Gasteiger partial charge in [0.1, 0.15) is 0 Å². The highest BCUT2D eigenvalue weighted by Crippen LogP contribution is 2.41. The Labute approximate surface area is 129 Å². The third kappa shape index (κ3) is 3.09. The number of hydrogen-bond acceptors (Lipinski definition) is 5. The summed E-state index contributed by atoms with van der Waals surface area (Å²) >= 11 is 1.98. The van der Waals surface area contributed by atoms with Crippen LogP contribution in [0.2, 0.25) is 0 Å². The second-order valence-corrected chi connectivity index (χ2v) is 6.98. The van der Waals surface area contributed by atoms with E-state index in [0.29, 0.717) is 18.1 Å². The van der Waals surface area contributed by atoms with E-state index in [1.807, 2.05) is 17.8 Å². The summed E-state index contributed by atoms with van der Waals surface area (Å²) in [5, 5.41) is 0. The van der Waals surface area contributed by atoms with E-state index in [1.165, 1.54) is 0 Å². The second kappa shape index (κ2) is 6.36.